The summed E-state index contributed by atoms with van der Waals surface area (Å²) < 4.78 is 28.0. The topological polar surface area (TPSA) is 34.0 Å². The van der Waals surface area contributed by atoms with Gasteiger partial charge in [0.2, 0.25) is 0 Å². The van der Waals surface area contributed by atoms with E-state index in [4.69, 9.17) is 0 Å². The number of Topliss-reactive ketones (excluding diaryl/α,β-unsaturated/α-hetero) is 1. The van der Waals surface area contributed by atoms with Gasteiger partial charge >= 0.3 is 0 Å². The maximum absolute atomic E-state index is 13.2. The van der Waals surface area contributed by atoms with Crippen molar-refractivity contribution in [2.75, 3.05) is 13.1 Å². The van der Waals surface area contributed by atoms with Crippen molar-refractivity contribution < 1.29 is 13.6 Å². The van der Waals surface area contributed by atoms with Crippen LogP contribution in [0.4, 0.5) is 8.78 Å². The Balaban J connectivity index is 1.62. The Bertz CT molecular complexity index is 928. The molecule has 3 aromatic rings. The lowest BCUT2D eigenvalue weighted by molar-refractivity contribution is 0.0991. The van der Waals surface area contributed by atoms with Crippen molar-refractivity contribution in [3.05, 3.63) is 88.7 Å². The van der Waals surface area contributed by atoms with Gasteiger partial charge in [-0.1, -0.05) is 12.1 Å². The molecular formula is C22H22F2N2O. The number of rotatable bonds is 7. The monoisotopic (exact) mass is 368 g/mol. The zero-order valence-electron chi connectivity index (χ0n) is 15.4. The molecule has 0 bridgehead atoms. The Hall–Kier alpha value is -2.79. The number of halogens is 2. The molecule has 27 heavy (non-hydrogen) atoms. The number of nitrogens with one attached hydrogen (secondary N) is 1. The van der Waals surface area contributed by atoms with Crippen LogP contribution in [-0.4, -0.2) is 23.4 Å². The SMILES string of the molecule is Cc1cc(C(=O)CNCCc2ccc(F)cc2)c(C)n1-c1ccc(F)cc1. The number of aromatic nitrogens is 1. The highest BCUT2D eigenvalue weighted by Gasteiger charge is 2.16. The average molecular weight is 368 g/mol. The predicted molar refractivity (Wildman–Crippen MR) is 103 cm³/mol. The molecule has 0 saturated heterocycles. The third-order valence-electron chi connectivity index (χ3n) is 4.61. The molecule has 0 aliphatic rings. The highest BCUT2D eigenvalue weighted by molar-refractivity contribution is 5.99. The maximum atomic E-state index is 13.2. The zero-order chi connectivity index (χ0) is 19.4. The fraction of sp³-hybridized carbons (Fsp3) is 0.227. The van der Waals surface area contributed by atoms with Gasteiger partial charge in [0, 0.05) is 22.6 Å². The van der Waals surface area contributed by atoms with Crippen LogP contribution in [0.5, 0.6) is 0 Å². The first kappa shape index (κ1) is 19.0. The molecule has 0 unspecified atom stereocenters. The lowest BCUT2D eigenvalue weighted by Gasteiger charge is -2.10. The van der Waals surface area contributed by atoms with Gasteiger partial charge in [0.15, 0.2) is 5.78 Å². The second kappa shape index (κ2) is 8.27. The summed E-state index contributed by atoms with van der Waals surface area (Å²) in [5.74, 6) is -0.531. The second-order valence-electron chi connectivity index (χ2n) is 6.57. The minimum absolute atomic E-state index is 0.00979. The van der Waals surface area contributed by atoms with Crippen molar-refractivity contribution in [2.24, 2.45) is 0 Å². The van der Waals surface area contributed by atoms with Gasteiger partial charge in [-0.05, 0) is 74.8 Å². The van der Waals surface area contributed by atoms with Gasteiger partial charge in [0.1, 0.15) is 11.6 Å². The van der Waals surface area contributed by atoms with Crippen LogP contribution < -0.4 is 5.32 Å². The fourth-order valence-corrected chi connectivity index (χ4v) is 3.21. The molecule has 3 nitrogen and oxygen atoms in total. The lowest BCUT2D eigenvalue weighted by atomic mass is 10.1. The highest BCUT2D eigenvalue weighted by atomic mass is 19.1. The number of hydrogen-bond acceptors (Lipinski definition) is 2. The molecule has 0 fully saturated rings. The molecule has 1 aromatic heterocycles. The van der Waals surface area contributed by atoms with Crippen LogP contribution in [0.15, 0.2) is 54.6 Å². The van der Waals surface area contributed by atoms with E-state index in [2.05, 4.69) is 5.32 Å². The van der Waals surface area contributed by atoms with E-state index in [9.17, 15) is 13.6 Å². The smallest absolute Gasteiger partial charge is 0.178 e. The molecule has 0 spiro atoms. The van der Waals surface area contributed by atoms with Gasteiger partial charge < -0.3 is 9.88 Å². The summed E-state index contributed by atoms with van der Waals surface area (Å²) in [6, 6.07) is 14.4. The first-order valence-electron chi connectivity index (χ1n) is 8.89. The standard InChI is InChI=1S/C22H22F2N2O/c1-15-13-21(16(2)26(15)20-9-7-19(24)8-10-20)22(27)14-25-12-11-17-3-5-18(23)6-4-17/h3-10,13,25H,11-12,14H2,1-2H3. The van der Waals surface area contributed by atoms with Crippen molar-refractivity contribution in [3.63, 3.8) is 0 Å². The number of hydrogen-bond donors (Lipinski definition) is 1. The summed E-state index contributed by atoms with van der Waals surface area (Å²) in [5, 5.41) is 3.15. The molecule has 0 radical (unpaired) electrons. The molecule has 0 atom stereocenters. The molecule has 1 heterocycles. The molecule has 140 valence electrons. The van der Waals surface area contributed by atoms with Crippen LogP contribution in [0, 0.1) is 25.5 Å². The Morgan fingerprint density at radius 2 is 1.56 bits per heavy atom. The highest BCUT2D eigenvalue weighted by Crippen LogP contribution is 2.21. The quantitative estimate of drug-likeness (QED) is 0.496. The largest absolute Gasteiger partial charge is 0.318 e. The number of carbonyl (C=O) groups is 1. The van der Waals surface area contributed by atoms with Crippen LogP contribution in [0.2, 0.25) is 0 Å². The van der Waals surface area contributed by atoms with Gasteiger partial charge in [0.25, 0.3) is 0 Å². The summed E-state index contributed by atoms with van der Waals surface area (Å²) in [4.78, 5) is 12.6. The van der Waals surface area contributed by atoms with Gasteiger partial charge in [0.05, 0.1) is 6.54 Å². The Morgan fingerprint density at radius 1 is 0.963 bits per heavy atom. The van der Waals surface area contributed by atoms with Crippen molar-refractivity contribution in [1.82, 2.24) is 9.88 Å². The Labute approximate surface area is 157 Å². The number of carbonyl (C=O) groups excluding carboxylic acids is 1. The number of ketones is 1. The Kier molecular flexibility index (Phi) is 5.81. The van der Waals surface area contributed by atoms with Crippen molar-refractivity contribution >= 4 is 5.78 Å². The van der Waals surface area contributed by atoms with Gasteiger partial charge in [-0.25, -0.2) is 8.78 Å². The van der Waals surface area contributed by atoms with Gasteiger partial charge in [-0.3, -0.25) is 4.79 Å². The van der Waals surface area contributed by atoms with Crippen LogP contribution >= 0.6 is 0 Å². The summed E-state index contributed by atoms with van der Waals surface area (Å²) in [7, 11) is 0. The average Bonchev–Trinajstić information content (AvgIpc) is 2.95. The number of aryl methyl sites for hydroxylation is 1. The summed E-state index contributed by atoms with van der Waals surface area (Å²) >= 11 is 0. The molecule has 0 aliphatic heterocycles. The van der Waals surface area contributed by atoms with E-state index in [1.807, 2.05) is 24.5 Å². The van der Waals surface area contributed by atoms with E-state index < -0.39 is 0 Å². The van der Waals surface area contributed by atoms with Crippen molar-refractivity contribution in [2.45, 2.75) is 20.3 Å². The van der Waals surface area contributed by atoms with E-state index in [1.54, 1.807) is 24.3 Å². The van der Waals surface area contributed by atoms with Crippen LogP contribution in [0.1, 0.15) is 27.3 Å². The molecule has 3 rings (SSSR count). The summed E-state index contributed by atoms with van der Waals surface area (Å²) in [6.07, 6.45) is 0.724. The molecule has 0 amide bonds. The number of nitrogens with zero attached hydrogens (tertiary/aromatic N) is 1. The second-order valence-corrected chi connectivity index (χ2v) is 6.57. The van der Waals surface area contributed by atoms with E-state index >= 15 is 0 Å². The third-order valence-corrected chi connectivity index (χ3v) is 4.61. The predicted octanol–water partition coefficient (Wildman–Crippen LogP) is 4.39. The normalized spacial score (nSPS) is 11.0. The van der Waals surface area contributed by atoms with E-state index in [0.29, 0.717) is 12.1 Å². The third kappa shape index (κ3) is 4.49. The van der Waals surface area contributed by atoms with Crippen molar-refractivity contribution in [1.29, 1.82) is 0 Å². The first-order valence-corrected chi connectivity index (χ1v) is 8.89. The lowest BCUT2D eigenvalue weighted by Crippen LogP contribution is -2.25. The van der Waals surface area contributed by atoms with Crippen molar-refractivity contribution in [3.8, 4) is 5.69 Å². The number of benzene rings is 2. The minimum Gasteiger partial charge on any atom is -0.318 e. The maximum Gasteiger partial charge on any atom is 0.178 e. The molecule has 1 N–H and O–H groups in total. The van der Waals surface area contributed by atoms with E-state index in [-0.39, 0.29) is 24.0 Å². The first-order chi connectivity index (χ1) is 13.0. The van der Waals surface area contributed by atoms with Crippen LogP contribution in [0.3, 0.4) is 0 Å². The molecule has 0 saturated carbocycles. The molecule has 5 heteroatoms. The van der Waals surface area contributed by atoms with E-state index in [1.165, 1.54) is 24.3 Å². The molecular weight excluding hydrogens is 346 g/mol. The molecule has 2 aromatic carbocycles. The molecule has 0 aliphatic carbocycles. The summed E-state index contributed by atoms with van der Waals surface area (Å²) in [5.41, 5.74) is 4.27. The van der Waals surface area contributed by atoms with Gasteiger partial charge in [-0.15, -0.1) is 0 Å². The van der Waals surface area contributed by atoms with Crippen LogP contribution in [0.25, 0.3) is 5.69 Å². The zero-order valence-corrected chi connectivity index (χ0v) is 15.4. The van der Waals surface area contributed by atoms with Gasteiger partial charge in [-0.2, -0.15) is 0 Å². The van der Waals surface area contributed by atoms with Crippen LogP contribution in [-0.2, 0) is 6.42 Å². The fourth-order valence-electron chi connectivity index (χ4n) is 3.21. The summed E-state index contributed by atoms with van der Waals surface area (Å²) in [6.45, 7) is 4.68. The Morgan fingerprint density at radius 3 is 2.19 bits per heavy atom. The van der Waals surface area contributed by atoms with E-state index in [0.717, 1.165) is 29.1 Å². The minimum atomic E-state index is -0.289.